The van der Waals surface area contributed by atoms with Gasteiger partial charge in [0.05, 0.1) is 28.7 Å². The Hall–Kier alpha value is -4.20. The van der Waals surface area contributed by atoms with Crippen LogP contribution in [-0.2, 0) is 37.9 Å². The Morgan fingerprint density at radius 3 is 1.87 bits per heavy atom. The Morgan fingerprint density at radius 1 is 0.733 bits per heavy atom. The standard InChI is InChI=1S/C33H34N4O6S2/c1-26(29-16-18-32(19-17-29)44(39,40)36-20-22-43-23-21-36)34-35-33(38)30-14-12-28(13-15-30)25-37(24-27-8-4-2-5-9-27)45(41,42)31-10-6-3-7-11-31/h2-19H,20-25H2,1H3,(H,35,38)/b34-26-. The van der Waals surface area contributed by atoms with E-state index in [1.165, 1.54) is 20.7 Å². The Morgan fingerprint density at radius 2 is 1.27 bits per heavy atom. The van der Waals surface area contributed by atoms with Gasteiger partial charge in [0, 0.05) is 31.7 Å². The van der Waals surface area contributed by atoms with Gasteiger partial charge in [0.25, 0.3) is 5.91 Å². The number of sulfonamides is 2. The lowest BCUT2D eigenvalue weighted by Gasteiger charge is -2.26. The van der Waals surface area contributed by atoms with E-state index in [0.717, 1.165) is 5.56 Å². The van der Waals surface area contributed by atoms with Crippen LogP contribution in [-0.4, -0.2) is 63.4 Å². The number of benzene rings is 4. The van der Waals surface area contributed by atoms with E-state index in [0.29, 0.717) is 48.7 Å². The highest BCUT2D eigenvalue weighted by Gasteiger charge is 2.27. The first kappa shape index (κ1) is 32.2. The highest BCUT2D eigenvalue weighted by atomic mass is 32.2. The summed E-state index contributed by atoms with van der Waals surface area (Å²) in [5, 5.41) is 4.19. The fraction of sp³-hybridized carbons (Fsp3) is 0.212. The minimum absolute atomic E-state index is 0.114. The first-order valence-corrected chi connectivity index (χ1v) is 17.2. The van der Waals surface area contributed by atoms with Gasteiger partial charge >= 0.3 is 0 Å². The molecule has 12 heteroatoms. The summed E-state index contributed by atoms with van der Waals surface area (Å²) in [6.45, 7) is 3.38. The van der Waals surface area contributed by atoms with Crippen LogP contribution < -0.4 is 5.43 Å². The summed E-state index contributed by atoms with van der Waals surface area (Å²) >= 11 is 0. The fourth-order valence-electron chi connectivity index (χ4n) is 4.79. The molecule has 4 aromatic rings. The van der Waals surface area contributed by atoms with E-state index >= 15 is 0 Å². The monoisotopic (exact) mass is 646 g/mol. The van der Waals surface area contributed by atoms with E-state index < -0.39 is 26.0 Å². The SMILES string of the molecule is C/C(=N/NC(=O)c1ccc(CN(Cc2ccccc2)S(=O)(=O)c2ccccc2)cc1)c1ccc(S(=O)(=O)N2CCOCC2)cc1. The zero-order valence-electron chi connectivity index (χ0n) is 24.7. The van der Waals surface area contributed by atoms with Crippen LogP contribution in [0.4, 0.5) is 0 Å². The lowest BCUT2D eigenvalue weighted by atomic mass is 10.1. The van der Waals surface area contributed by atoms with E-state index in [4.69, 9.17) is 4.74 Å². The number of amides is 1. The third kappa shape index (κ3) is 7.91. The Bertz CT molecular complexity index is 1840. The highest BCUT2D eigenvalue weighted by Crippen LogP contribution is 2.22. The molecule has 4 aromatic carbocycles. The van der Waals surface area contributed by atoms with Crippen LogP contribution in [0.3, 0.4) is 0 Å². The van der Waals surface area contributed by atoms with Gasteiger partial charge in [-0.25, -0.2) is 22.3 Å². The maximum Gasteiger partial charge on any atom is 0.271 e. The maximum absolute atomic E-state index is 13.5. The molecular formula is C33H34N4O6S2. The van der Waals surface area contributed by atoms with Gasteiger partial charge in [0.2, 0.25) is 20.0 Å². The number of nitrogens with one attached hydrogen (secondary N) is 1. The van der Waals surface area contributed by atoms with Crippen molar-refractivity contribution in [1.29, 1.82) is 0 Å². The van der Waals surface area contributed by atoms with Crippen LogP contribution in [0.1, 0.15) is 34.0 Å². The van der Waals surface area contributed by atoms with Crippen LogP contribution >= 0.6 is 0 Å². The molecule has 0 saturated carbocycles. The molecule has 0 aromatic heterocycles. The summed E-state index contributed by atoms with van der Waals surface area (Å²) in [5.74, 6) is -0.439. The topological polar surface area (TPSA) is 125 Å². The zero-order chi connectivity index (χ0) is 31.9. The normalized spacial score (nSPS) is 14.8. The Balaban J connectivity index is 1.25. The number of rotatable bonds is 11. The second-order valence-electron chi connectivity index (χ2n) is 10.4. The number of hydrogen-bond donors (Lipinski definition) is 1. The summed E-state index contributed by atoms with van der Waals surface area (Å²) < 4.78 is 60.9. The third-order valence-electron chi connectivity index (χ3n) is 7.36. The van der Waals surface area contributed by atoms with Gasteiger partial charge in [-0.2, -0.15) is 13.7 Å². The molecule has 234 valence electrons. The fourth-order valence-corrected chi connectivity index (χ4v) is 7.63. The number of carbonyl (C=O) groups is 1. The summed E-state index contributed by atoms with van der Waals surface area (Å²) in [4.78, 5) is 13.2. The molecule has 0 unspecified atom stereocenters. The van der Waals surface area contributed by atoms with E-state index in [9.17, 15) is 21.6 Å². The number of hydrazone groups is 1. The Labute approximate surface area is 264 Å². The minimum atomic E-state index is -3.79. The van der Waals surface area contributed by atoms with E-state index in [-0.39, 0.29) is 22.9 Å². The quantitative estimate of drug-likeness (QED) is 0.192. The van der Waals surface area contributed by atoms with Gasteiger partial charge in [-0.15, -0.1) is 0 Å². The second kappa shape index (κ2) is 14.3. The van der Waals surface area contributed by atoms with Crippen LogP contribution in [0.5, 0.6) is 0 Å². The van der Waals surface area contributed by atoms with Crippen LogP contribution in [0.2, 0.25) is 0 Å². The number of nitrogens with zero attached hydrogens (tertiary/aromatic N) is 3. The predicted octanol–water partition coefficient (Wildman–Crippen LogP) is 4.25. The van der Waals surface area contributed by atoms with E-state index in [1.807, 2.05) is 30.3 Å². The summed E-state index contributed by atoms with van der Waals surface area (Å²) in [6, 6.07) is 30.7. The molecular weight excluding hydrogens is 613 g/mol. The largest absolute Gasteiger partial charge is 0.379 e. The van der Waals surface area contributed by atoms with E-state index in [2.05, 4.69) is 10.5 Å². The van der Waals surface area contributed by atoms with Crippen molar-refractivity contribution in [3.05, 3.63) is 131 Å². The van der Waals surface area contributed by atoms with Crippen molar-refractivity contribution in [3.63, 3.8) is 0 Å². The van der Waals surface area contributed by atoms with Crippen molar-refractivity contribution in [3.8, 4) is 0 Å². The molecule has 1 heterocycles. The molecule has 1 saturated heterocycles. The molecule has 1 N–H and O–H groups in total. The number of hydrogen-bond acceptors (Lipinski definition) is 7. The second-order valence-corrected chi connectivity index (χ2v) is 14.3. The predicted molar refractivity (Wildman–Crippen MR) is 171 cm³/mol. The molecule has 0 spiro atoms. The van der Waals surface area contributed by atoms with Gasteiger partial charge in [-0.1, -0.05) is 72.8 Å². The van der Waals surface area contributed by atoms with Crippen LogP contribution in [0.15, 0.2) is 124 Å². The van der Waals surface area contributed by atoms with Crippen molar-refractivity contribution in [2.45, 2.75) is 29.8 Å². The first-order chi connectivity index (χ1) is 21.6. The molecule has 0 aliphatic carbocycles. The van der Waals surface area contributed by atoms with Crippen molar-refractivity contribution >= 4 is 31.7 Å². The molecule has 10 nitrogen and oxygen atoms in total. The van der Waals surface area contributed by atoms with Gasteiger partial charge in [0.1, 0.15) is 0 Å². The minimum Gasteiger partial charge on any atom is -0.379 e. The average Bonchev–Trinajstić information content (AvgIpc) is 3.08. The van der Waals surface area contributed by atoms with Crippen molar-refractivity contribution in [2.24, 2.45) is 5.10 Å². The van der Waals surface area contributed by atoms with Crippen LogP contribution in [0.25, 0.3) is 0 Å². The maximum atomic E-state index is 13.5. The molecule has 1 aliphatic heterocycles. The zero-order valence-corrected chi connectivity index (χ0v) is 26.4. The smallest absolute Gasteiger partial charge is 0.271 e. The summed E-state index contributed by atoms with van der Waals surface area (Å²) in [5.41, 5.74) is 5.61. The molecule has 1 fully saturated rings. The first-order valence-electron chi connectivity index (χ1n) is 14.4. The number of carbonyl (C=O) groups excluding carboxylic acids is 1. The molecule has 1 aliphatic rings. The van der Waals surface area contributed by atoms with Gasteiger partial charge < -0.3 is 4.74 Å². The molecule has 5 rings (SSSR count). The Kier molecular flexibility index (Phi) is 10.2. The molecule has 0 bridgehead atoms. The van der Waals surface area contributed by atoms with Crippen LogP contribution in [0, 0.1) is 0 Å². The molecule has 0 radical (unpaired) electrons. The number of morpholine rings is 1. The average molecular weight is 647 g/mol. The number of ether oxygens (including phenoxy) is 1. The molecule has 1 amide bonds. The summed E-state index contributed by atoms with van der Waals surface area (Å²) in [7, 11) is -7.40. The van der Waals surface area contributed by atoms with Crippen molar-refractivity contribution < 1.29 is 26.4 Å². The lowest BCUT2D eigenvalue weighted by Crippen LogP contribution is -2.40. The van der Waals surface area contributed by atoms with Gasteiger partial charge in [-0.05, 0) is 60.0 Å². The lowest BCUT2D eigenvalue weighted by molar-refractivity contribution is 0.0730. The van der Waals surface area contributed by atoms with Crippen molar-refractivity contribution in [1.82, 2.24) is 14.0 Å². The van der Waals surface area contributed by atoms with Gasteiger partial charge in [-0.3, -0.25) is 4.79 Å². The summed E-state index contributed by atoms with van der Waals surface area (Å²) in [6.07, 6.45) is 0. The van der Waals surface area contributed by atoms with Crippen molar-refractivity contribution in [2.75, 3.05) is 26.3 Å². The molecule has 0 atom stereocenters. The van der Waals surface area contributed by atoms with E-state index in [1.54, 1.807) is 73.7 Å². The van der Waals surface area contributed by atoms with Gasteiger partial charge in [0.15, 0.2) is 0 Å². The highest BCUT2D eigenvalue weighted by molar-refractivity contribution is 7.89. The molecule has 45 heavy (non-hydrogen) atoms. The third-order valence-corrected chi connectivity index (χ3v) is 11.1.